The van der Waals surface area contributed by atoms with Crippen molar-refractivity contribution in [3.8, 4) is 0 Å². The van der Waals surface area contributed by atoms with Gasteiger partial charge >= 0.3 is 0 Å². The van der Waals surface area contributed by atoms with Gasteiger partial charge in [-0.2, -0.15) is 0 Å². The monoisotopic (exact) mass is 353 g/mol. The molecule has 0 saturated carbocycles. The number of nitrogens with one attached hydrogen (secondary N) is 2. The van der Waals surface area contributed by atoms with E-state index in [1.54, 1.807) is 18.2 Å². The zero-order valence-corrected chi connectivity index (χ0v) is 15.2. The van der Waals surface area contributed by atoms with Gasteiger partial charge in [-0.25, -0.2) is 0 Å². The number of hydrogen-bond acceptors (Lipinski definition) is 3. The summed E-state index contributed by atoms with van der Waals surface area (Å²) in [5.41, 5.74) is 3.72. The highest BCUT2D eigenvalue weighted by Crippen LogP contribution is 2.18. The zero-order chi connectivity index (χ0) is 18.1. The number of H-pyrrole nitrogens is 1. The van der Waals surface area contributed by atoms with E-state index in [1.165, 1.54) is 4.57 Å². The molecule has 2 N–H and O–H groups in total. The molecule has 1 aromatic heterocycles. The molecule has 0 unspecified atom stereocenters. The van der Waals surface area contributed by atoms with Gasteiger partial charge in [0, 0.05) is 17.8 Å². The molecular weight excluding hydrogens is 334 g/mol. The maximum atomic E-state index is 12.6. The Kier molecular flexibility index (Phi) is 4.55. The summed E-state index contributed by atoms with van der Waals surface area (Å²) >= 11 is 5.22. The predicted molar refractivity (Wildman–Crippen MR) is 103 cm³/mol. The molecule has 0 fully saturated rings. The summed E-state index contributed by atoms with van der Waals surface area (Å²) in [6, 6.07) is 10.9. The van der Waals surface area contributed by atoms with Crippen molar-refractivity contribution in [1.82, 2.24) is 9.55 Å². The Balaban J connectivity index is 2.02. The molecule has 3 rings (SSSR count). The quantitative estimate of drug-likeness (QED) is 0.701. The first-order valence-electron chi connectivity index (χ1n) is 8.06. The van der Waals surface area contributed by atoms with Crippen molar-refractivity contribution in [1.29, 1.82) is 0 Å². The van der Waals surface area contributed by atoms with Crippen LogP contribution in [0.2, 0.25) is 0 Å². The summed E-state index contributed by atoms with van der Waals surface area (Å²) in [5, 5.41) is 3.43. The first kappa shape index (κ1) is 17.1. The van der Waals surface area contributed by atoms with Gasteiger partial charge in [0.15, 0.2) is 4.77 Å². The van der Waals surface area contributed by atoms with Gasteiger partial charge in [-0.3, -0.25) is 14.2 Å². The molecule has 3 aromatic rings. The van der Waals surface area contributed by atoms with E-state index >= 15 is 0 Å². The number of rotatable bonds is 3. The average molecular weight is 353 g/mol. The van der Waals surface area contributed by atoms with E-state index in [9.17, 15) is 9.59 Å². The van der Waals surface area contributed by atoms with Crippen molar-refractivity contribution in [3.05, 3.63) is 68.2 Å². The van der Waals surface area contributed by atoms with Crippen LogP contribution in [0.15, 0.2) is 41.2 Å². The Morgan fingerprint density at radius 2 is 1.96 bits per heavy atom. The summed E-state index contributed by atoms with van der Waals surface area (Å²) in [6.45, 7) is 6.28. The van der Waals surface area contributed by atoms with Crippen molar-refractivity contribution in [2.45, 2.75) is 27.3 Å². The third kappa shape index (κ3) is 3.25. The van der Waals surface area contributed by atoms with Crippen molar-refractivity contribution in [2.24, 2.45) is 0 Å². The van der Waals surface area contributed by atoms with Crippen molar-refractivity contribution >= 4 is 34.7 Å². The lowest BCUT2D eigenvalue weighted by atomic mass is 10.1. The molecule has 128 valence electrons. The number of nitrogens with zero attached hydrogens (tertiary/aromatic N) is 1. The number of benzene rings is 2. The summed E-state index contributed by atoms with van der Waals surface area (Å²) in [6.07, 6.45) is 0. The Morgan fingerprint density at radius 3 is 2.68 bits per heavy atom. The standard InChI is InChI=1S/C19H19N3O2S/c1-4-22-18(24)14-8-7-13(10-16(14)21-19(22)25)17(23)20-15-9-11(2)5-6-12(15)3/h5-10H,4H2,1-3H3,(H,20,23)(H,21,25). The normalized spacial score (nSPS) is 10.8. The first-order chi connectivity index (χ1) is 11.9. The molecule has 0 bridgehead atoms. The van der Waals surface area contributed by atoms with E-state index < -0.39 is 0 Å². The van der Waals surface area contributed by atoms with E-state index in [0.29, 0.717) is 27.8 Å². The molecule has 1 heterocycles. The highest BCUT2D eigenvalue weighted by atomic mass is 32.1. The lowest BCUT2D eigenvalue weighted by Gasteiger charge is -2.10. The Morgan fingerprint density at radius 1 is 1.20 bits per heavy atom. The molecule has 0 atom stereocenters. The Hall–Kier alpha value is -2.73. The number of carbonyl (C=O) groups excluding carboxylic acids is 1. The maximum Gasteiger partial charge on any atom is 0.262 e. The molecule has 0 aliphatic heterocycles. The number of aryl methyl sites for hydroxylation is 2. The summed E-state index contributed by atoms with van der Waals surface area (Å²) in [4.78, 5) is 28.0. The smallest absolute Gasteiger partial charge is 0.262 e. The van der Waals surface area contributed by atoms with E-state index in [4.69, 9.17) is 12.2 Å². The zero-order valence-electron chi connectivity index (χ0n) is 14.3. The largest absolute Gasteiger partial charge is 0.332 e. The lowest BCUT2D eigenvalue weighted by Crippen LogP contribution is -2.21. The number of anilines is 1. The van der Waals surface area contributed by atoms with Crippen molar-refractivity contribution in [2.75, 3.05) is 5.32 Å². The molecule has 2 aromatic carbocycles. The van der Waals surface area contributed by atoms with Crippen LogP contribution in [0.3, 0.4) is 0 Å². The van der Waals surface area contributed by atoms with Crippen LogP contribution in [-0.4, -0.2) is 15.5 Å². The third-order valence-electron chi connectivity index (χ3n) is 4.20. The second-order valence-corrected chi connectivity index (χ2v) is 6.40. The Bertz CT molecular complexity index is 1100. The fraction of sp³-hybridized carbons (Fsp3) is 0.211. The highest BCUT2D eigenvalue weighted by molar-refractivity contribution is 7.71. The lowest BCUT2D eigenvalue weighted by molar-refractivity contribution is 0.102. The number of fused-ring (bicyclic) bond motifs is 1. The fourth-order valence-corrected chi connectivity index (χ4v) is 3.07. The van der Waals surface area contributed by atoms with Crippen LogP contribution in [0.5, 0.6) is 0 Å². The molecule has 1 amide bonds. The number of hydrogen-bond donors (Lipinski definition) is 2. The average Bonchev–Trinajstić information content (AvgIpc) is 2.58. The number of aromatic amines is 1. The highest BCUT2D eigenvalue weighted by Gasteiger charge is 2.11. The van der Waals surface area contributed by atoms with Crippen LogP contribution in [0.25, 0.3) is 10.9 Å². The molecule has 0 spiro atoms. The minimum absolute atomic E-state index is 0.150. The van der Waals surface area contributed by atoms with Gasteiger partial charge in [0.1, 0.15) is 0 Å². The number of aromatic nitrogens is 2. The molecule has 5 nitrogen and oxygen atoms in total. The third-order valence-corrected chi connectivity index (χ3v) is 4.52. The Labute approximate surface area is 150 Å². The van der Waals surface area contributed by atoms with E-state index in [0.717, 1.165) is 16.8 Å². The van der Waals surface area contributed by atoms with E-state index in [1.807, 2.05) is 39.0 Å². The van der Waals surface area contributed by atoms with Crippen LogP contribution in [0.4, 0.5) is 5.69 Å². The molecule has 0 radical (unpaired) electrons. The summed E-state index contributed by atoms with van der Waals surface area (Å²) in [7, 11) is 0. The second kappa shape index (κ2) is 6.64. The number of carbonyl (C=O) groups is 1. The van der Waals surface area contributed by atoms with Crippen LogP contribution < -0.4 is 10.9 Å². The van der Waals surface area contributed by atoms with Gasteiger partial charge < -0.3 is 10.3 Å². The minimum atomic E-state index is -0.227. The molecule has 0 aliphatic carbocycles. The number of amides is 1. The van der Waals surface area contributed by atoms with Gasteiger partial charge in [0.05, 0.1) is 10.9 Å². The van der Waals surface area contributed by atoms with Gasteiger partial charge in [-0.15, -0.1) is 0 Å². The maximum absolute atomic E-state index is 12.6. The van der Waals surface area contributed by atoms with Crippen LogP contribution in [0, 0.1) is 18.6 Å². The molecule has 6 heteroatoms. The first-order valence-corrected chi connectivity index (χ1v) is 8.47. The van der Waals surface area contributed by atoms with Crippen LogP contribution >= 0.6 is 12.2 Å². The van der Waals surface area contributed by atoms with Gasteiger partial charge in [0.2, 0.25) is 0 Å². The molecule has 0 aliphatic rings. The van der Waals surface area contributed by atoms with Gasteiger partial charge in [0.25, 0.3) is 11.5 Å². The van der Waals surface area contributed by atoms with Gasteiger partial charge in [-0.1, -0.05) is 12.1 Å². The molecule has 25 heavy (non-hydrogen) atoms. The van der Waals surface area contributed by atoms with Crippen LogP contribution in [-0.2, 0) is 6.54 Å². The summed E-state index contributed by atoms with van der Waals surface area (Å²) < 4.78 is 1.85. The molecule has 0 saturated heterocycles. The van der Waals surface area contributed by atoms with Crippen molar-refractivity contribution < 1.29 is 4.79 Å². The van der Waals surface area contributed by atoms with Gasteiger partial charge in [-0.05, 0) is 68.4 Å². The topological polar surface area (TPSA) is 66.9 Å². The minimum Gasteiger partial charge on any atom is -0.332 e. The molecular formula is C19H19N3O2S. The van der Waals surface area contributed by atoms with E-state index in [2.05, 4.69) is 10.3 Å². The second-order valence-electron chi connectivity index (χ2n) is 6.01. The van der Waals surface area contributed by atoms with E-state index in [-0.39, 0.29) is 11.5 Å². The predicted octanol–water partition coefficient (Wildman–Crippen LogP) is 3.95. The fourth-order valence-electron chi connectivity index (χ4n) is 2.75. The SMILES string of the molecule is CCn1c(=S)[nH]c2cc(C(=O)Nc3cc(C)ccc3C)ccc2c1=O. The van der Waals surface area contributed by atoms with Crippen molar-refractivity contribution in [3.63, 3.8) is 0 Å². The summed E-state index contributed by atoms with van der Waals surface area (Å²) in [5.74, 6) is -0.227. The van der Waals surface area contributed by atoms with Crippen LogP contribution in [0.1, 0.15) is 28.4 Å².